The summed E-state index contributed by atoms with van der Waals surface area (Å²) in [6.07, 6.45) is 2.48. The number of ketones is 1. The molecule has 0 spiro atoms. The Kier molecular flexibility index (Phi) is 3.06. The van der Waals surface area contributed by atoms with Crippen molar-refractivity contribution in [2.75, 3.05) is 13.1 Å². The average Bonchev–Trinajstić information content (AvgIpc) is 2.25. The monoisotopic (exact) mass is 218 g/mol. The van der Waals surface area contributed by atoms with E-state index in [1.54, 1.807) is 0 Å². The van der Waals surface area contributed by atoms with Gasteiger partial charge in [0.05, 0.1) is 5.69 Å². The Labute approximate surface area is 96.5 Å². The first kappa shape index (κ1) is 11.3. The lowest BCUT2D eigenvalue weighted by atomic mass is 9.83. The number of hydrogen-bond donors (Lipinski definition) is 0. The zero-order valence-electron chi connectivity index (χ0n) is 9.94. The molecule has 1 fully saturated rings. The minimum absolute atomic E-state index is 0.201. The molecule has 0 amide bonds. The maximum absolute atomic E-state index is 11.7. The van der Waals surface area contributed by atoms with E-state index < -0.39 is 0 Å². The fourth-order valence-electron chi connectivity index (χ4n) is 2.18. The third-order valence-electron chi connectivity index (χ3n) is 3.14. The quantitative estimate of drug-likeness (QED) is 0.760. The summed E-state index contributed by atoms with van der Waals surface area (Å²) in [5.74, 6) is 0.379. The van der Waals surface area contributed by atoms with Crippen LogP contribution in [0.3, 0.4) is 0 Å². The van der Waals surface area contributed by atoms with Gasteiger partial charge in [-0.1, -0.05) is 19.9 Å². The second kappa shape index (κ2) is 4.34. The summed E-state index contributed by atoms with van der Waals surface area (Å²) in [4.78, 5) is 18.3. The topological polar surface area (TPSA) is 33.2 Å². The van der Waals surface area contributed by atoms with E-state index in [2.05, 4.69) is 9.88 Å². The molecule has 0 unspecified atom stereocenters. The molecule has 0 aliphatic carbocycles. The lowest BCUT2D eigenvalue weighted by molar-refractivity contribution is -0.131. The van der Waals surface area contributed by atoms with Crippen LogP contribution in [0.2, 0.25) is 0 Å². The van der Waals surface area contributed by atoms with Crippen molar-refractivity contribution >= 4 is 5.78 Å². The van der Waals surface area contributed by atoms with Crippen molar-refractivity contribution < 1.29 is 4.79 Å². The van der Waals surface area contributed by atoms with Gasteiger partial charge in [-0.05, 0) is 12.1 Å². The molecule has 2 rings (SSSR count). The van der Waals surface area contributed by atoms with E-state index in [0.717, 1.165) is 25.3 Å². The van der Waals surface area contributed by atoms with Crippen molar-refractivity contribution in [1.29, 1.82) is 0 Å². The lowest BCUT2D eigenvalue weighted by Gasteiger charge is -2.36. The Morgan fingerprint density at radius 1 is 1.44 bits per heavy atom. The van der Waals surface area contributed by atoms with Crippen LogP contribution < -0.4 is 0 Å². The summed E-state index contributed by atoms with van der Waals surface area (Å²) < 4.78 is 0. The second-order valence-corrected chi connectivity index (χ2v) is 5.09. The summed E-state index contributed by atoms with van der Waals surface area (Å²) in [7, 11) is 0. The smallest absolute Gasteiger partial charge is 0.141 e. The van der Waals surface area contributed by atoms with Crippen molar-refractivity contribution in [2.45, 2.75) is 26.8 Å². The Bertz CT molecular complexity index is 373. The van der Waals surface area contributed by atoms with Crippen LogP contribution in [0.1, 0.15) is 26.0 Å². The van der Waals surface area contributed by atoms with Gasteiger partial charge in [0, 0.05) is 37.7 Å². The molecule has 0 saturated carbocycles. The van der Waals surface area contributed by atoms with Crippen molar-refractivity contribution in [1.82, 2.24) is 9.88 Å². The van der Waals surface area contributed by atoms with Gasteiger partial charge in [0.2, 0.25) is 0 Å². The molecule has 0 atom stereocenters. The van der Waals surface area contributed by atoms with E-state index in [1.165, 1.54) is 0 Å². The van der Waals surface area contributed by atoms with E-state index in [9.17, 15) is 4.79 Å². The van der Waals surface area contributed by atoms with Gasteiger partial charge >= 0.3 is 0 Å². The van der Waals surface area contributed by atoms with Crippen LogP contribution in [0.4, 0.5) is 0 Å². The Morgan fingerprint density at radius 2 is 2.25 bits per heavy atom. The summed E-state index contributed by atoms with van der Waals surface area (Å²) in [6, 6.07) is 5.96. The summed E-state index contributed by atoms with van der Waals surface area (Å²) in [5, 5.41) is 0. The number of pyridine rings is 1. The second-order valence-electron chi connectivity index (χ2n) is 5.09. The molecule has 0 radical (unpaired) electrons. The third-order valence-corrected chi connectivity index (χ3v) is 3.14. The highest BCUT2D eigenvalue weighted by Crippen LogP contribution is 2.25. The molecule has 1 aromatic heterocycles. The minimum atomic E-state index is -0.201. The van der Waals surface area contributed by atoms with E-state index >= 15 is 0 Å². The predicted octanol–water partition coefficient (Wildman–Crippen LogP) is 1.88. The largest absolute Gasteiger partial charge is 0.299 e. The molecule has 0 N–H and O–H groups in total. The zero-order valence-corrected chi connectivity index (χ0v) is 9.94. The third kappa shape index (κ3) is 2.47. The first-order valence-electron chi connectivity index (χ1n) is 5.73. The van der Waals surface area contributed by atoms with Gasteiger partial charge in [-0.3, -0.25) is 14.7 Å². The number of hydrogen-bond acceptors (Lipinski definition) is 3. The molecule has 0 bridgehead atoms. The Morgan fingerprint density at radius 3 is 2.88 bits per heavy atom. The van der Waals surface area contributed by atoms with Gasteiger partial charge in [-0.15, -0.1) is 0 Å². The molecule has 16 heavy (non-hydrogen) atoms. The van der Waals surface area contributed by atoms with Crippen molar-refractivity contribution in [2.24, 2.45) is 5.41 Å². The maximum atomic E-state index is 11.7. The van der Waals surface area contributed by atoms with Crippen LogP contribution in [-0.2, 0) is 11.3 Å². The highest BCUT2D eigenvalue weighted by Gasteiger charge is 2.33. The first-order valence-corrected chi connectivity index (χ1v) is 5.73. The van der Waals surface area contributed by atoms with E-state index in [-0.39, 0.29) is 5.41 Å². The van der Waals surface area contributed by atoms with Crippen LogP contribution in [0.5, 0.6) is 0 Å². The minimum Gasteiger partial charge on any atom is -0.299 e. The van der Waals surface area contributed by atoms with Crippen LogP contribution in [0.15, 0.2) is 24.4 Å². The SMILES string of the molecule is CC1(C)CN(Cc2ccccn2)CCC1=O. The highest BCUT2D eigenvalue weighted by atomic mass is 16.1. The zero-order chi connectivity index (χ0) is 11.6. The van der Waals surface area contributed by atoms with Crippen LogP contribution in [0, 0.1) is 5.41 Å². The fourth-order valence-corrected chi connectivity index (χ4v) is 2.18. The van der Waals surface area contributed by atoms with Crippen molar-refractivity contribution in [3.8, 4) is 0 Å². The molecule has 1 aliphatic rings. The average molecular weight is 218 g/mol. The van der Waals surface area contributed by atoms with Gasteiger partial charge in [-0.25, -0.2) is 0 Å². The molecule has 3 nitrogen and oxygen atoms in total. The van der Waals surface area contributed by atoms with Gasteiger partial charge in [-0.2, -0.15) is 0 Å². The number of Topliss-reactive ketones (excluding diaryl/α,β-unsaturated/α-hetero) is 1. The maximum Gasteiger partial charge on any atom is 0.141 e. The first-order chi connectivity index (χ1) is 7.58. The van der Waals surface area contributed by atoms with E-state index in [1.807, 2.05) is 38.2 Å². The molecular formula is C13H18N2O. The predicted molar refractivity (Wildman–Crippen MR) is 62.9 cm³/mol. The van der Waals surface area contributed by atoms with Gasteiger partial charge in [0.25, 0.3) is 0 Å². The van der Waals surface area contributed by atoms with E-state index in [0.29, 0.717) is 12.2 Å². The van der Waals surface area contributed by atoms with Gasteiger partial charge in [0.1, 0.15) is 5.78 Å². The molecule has 1 aliphatic heterocycles. The molecule has 1 saturated heterocycles. The molecule has 1 aromatic rings. The number of nitrogens with zero attached hydrogens (tertiary/aromatic N) is 2. The Balaban J connectivity index is 2.00. The number of piperidine rings is 1. The van der Waals surface area contributed by atoms with E-state index in [4.69, 9.17) is 0 Å². The van der Waals surface area contributed by atoms with Crippen molar-refractivity contribution in [3.05, 3.63) is 30.1 Å². The molecule has 0 aromatic carbocycles. The fraction of sp³-hybridized carbons (Fsp3) is 0.538. The molecule has 3 heteroatoms. The summed E-state index contributed by atoms with van der Waals surface area (Å²) in [5.41, 5.74) is 0.875. The van der Waals surface area contributed by atoms with Gasteiger partial charge in [0.15, 0.2) is 0 Å². The highest BCUT2D eigenvalue weighted by molar-refractivity contribution is 5.85. The van der Waals surface area contributed by atoms with Crippen molar-refractivity contribution in [3.63, 3.8) is 0 Å². The molecule has 86 valence electrons. The Hall–Kier alpha value is -1.22. The van der Waals surface area contributed by atoms with Gasteiger partial charge < -0.3 is 0 Å². The van der Waals surface area contributed by atoms with Crippen LogP contribution in [0.25, 0.3) is 0 Å². The number of rotatable bonds is 2. The number of aromatic nitrogens is 1. The number of likely N-dealkylation sites (tertiary alicyclic amines) is 1. The standard InChI is InChI=1S/C13H18N2O/c1-13(2)10-15(8-6-12(13)16)9-11-5-3-4-7-14-11/h3-5,7H,6,8-10H2,1-2H3. The number of carbonyl (C=O) groups is 1. The van der Waals surface area contributed by atoms with Crippen LogP contribution >= 0.6 is 0 Å². The summed E-state index contributed by atoms with van der Waals surface area (Å²) >= 11 is 0. The summed E-state index contributed by atoms with van der Waals surface area (Å²) in [6.45, 7) is 6.60. The lowest BCUT2D eigenvalue weighted by Crippen LogP contribution is -2.45. The molecule has 2 heterocycles. The molecular weight excluding hydrogens is 200 g/mol. The normalized spacial score (nSPS) is 21.0. The van der Waals surface area contributed by atoms with Crippen LogP contribution in [-0.4, -0.2) is 28.8 Å². The number of carbonyl (C=O) groups excluding carboxylic acids is 1.